The lowest BCUT2D eigenvalue weighted by Crippen LogP contribution is -2.31. The number of rotatable bonds is 6. The zero-order chi connectivity index (χ0) is 15.1. The van der Waals surface area contributed by atoms with Crippen molar-refractivity contribution in [2.45, 2.75) is 19.3 Å². The van der Waals surface area contributed by atoms with Crippen molar-refractivity contribution in [3.63, 3.8) is 0 Å². The van der Waals surface area contributed by atoms with Crippen LogP contribution in [-0.4, -0.2) is 37.9 Å². The van der Waals surface area contributed by atoms with Crippen molar-refractivity contribution in [1.82, 2.24) is 5.32 Å². The summed E-state index contributed by atoms with van der Waals surface area (Å²) in [6, 6.07) is 7.19. The number of amides is 1. The molecule has 0 aliphatic heterocycles. The molecule has 0 saturated heterocycles. The first-order valence-electron chi connectivity index (χ1n) is 7.17. The Morgan fingerprint density at radius 3 is 2.86 bits per heavy atom. The molecule has 4 nitrogen and oxygen atoms in total. The molecule has 1 amide bonds. The number of nitrogens with one attached hydrogen (secondary N) is 1. The van der Waals surface area contributed by atoms with Crippen LogP contribution in [-0.2, 0) is 4.74 Å². The van der Waals surface area contributed by atoms with Crippen molar-refractivity contribution in [1.29, 1.82) is 0 Å². The molecule has 0 bridgehead atoms. The lowest BCUT2D eigenvalue weighted by molar-refractivity contribution is 0.0937. The average Bonchev–Trinajstić information content (AvgIpc) is 3.29. The normalized spacial score (nSPS) is 15.0. The van der Waals surface area contributed by atoms with Gasteiger partial charge in [-0.1, -0.05) is 24.0 Å². The smallest absolute Gasteiger partial charge is 0.252 e. The molecular formula is C17H21NO3. The highest BCUT2D eigenvalue weighted by atomic mass is 16.5. The molecule has 1 saturated carbocycles. The Morgan fingerprint density at radius 2 is 2.19 bits per heavy atom. The molecule has 1 aliphatic carbocycles. The van der Waals surface area contributed by atoms with E-state index < -0.39 is 0 Å². The minimum absolute atomic E-state index is 0.110. The van der Waals surface area contributed by atoms with Crippen molar-refractivity contribution < 1.29 is 14.6 Å². The molecule has 112 valence electrons. The van der Waals surface area contributed by atoms with E-state index in [0.717, 1.165) is 25.9 Å². The topological polar surface area (TPSA) is 58.6 Å². The largest absolute Gasteiger partial charge is 0.385 e. The van der Waals surface area contributed by atoms with Crippen molar-refractivity contribution in [2.24, 2.45) is 5.41 Å². The van der Waals surface area contributed by atoms with Crippen LogP contribution >= 0.6 is 0 Å². The first-order chi connectivity index (χ1) is 10.2. The molecule has 1 aromatic carbocycles. The third kappa shape index (κ3) is 4.32. The first kappa shape index (κ1) is 15.6. The molecule has 0 spiro atoms. The molecule has 4 heteroatoms. The highest BCUT2D eigenvalue weighted by Gasteiger charge is 2.42. The maximum atomic E-state index is 12.3. The van der Waals surface area contributed by atoms with Gasteiger partial charge in [0.1, 0.15) is 6.61 Å². The molecule has 1 fully saturated rings. The van der Waals surface area contributed by atoms with Gasteiger partial charge in [-0.05, 0) is 36.8 Å². The third-order valence-electron chi connectivity index (χ3n) is 3.89. The molecule has 0 atom stereocenters. The summed E-state index contributed by atoms with van der Waals surface area (Å²) in [5, 5.41) is 11.8. The zero-order valence-corrected chi connectivity index (χ0v) is 12.3. The maximum Gasteiger partial charge on any atom is 0.252 e. The Morgan fingerprint density at radius 1 is 1.43 bits per heavy atom. The molecular weight excluding hydrogens is 266 g/mol. The number of aliphatic hydroxyl groups excluding tert-OH is 1. The van der Waals surface area contributed by atoms with Crippen LogP contribution in [0.1, 0.15) is 35.2 Å². The van der Waals surface area contributed by atoms with E-state index in [0.29, 0.717) is 17.7 Å². The second-order valence-corrected chi connectivity index (χ2v) is 5.43. The zero-order valence-electron chi connectivity index (χ0n) is 12.3. The highest BCUT2D eigenvalue weighted by Crippen LogP contribution is 2.48. The predicted molar refractivity (Wildman–Crippen MR) is 80.9 cm³/mol. The number of aliphatic hydroxyl groups is 1. The van der Waals surface area contributed by atoms with Crippen LogP contribution in [0, 0.1) is 17.3 Å². The summed E-state index contributed by atoms with van der Waals surface area (Å²) in [4.78, 5) is 12.3. The number of carbonyl (C=O) groups is 1. The van der Waals surface area contributed by atoms with E-state index in [1.54, 1.807) is 19.2 Å². The number of carbonyl (C=O) groups excluding carboxylic acids is 1. The number of hydrogen-bond acceptors (Lipinski definition) is 3. The van der Waals surface area contributed by atoms with Gasteiger partial charge in [0.05, 0.1) is 5.56 Å². The van der Waals surface area contributed by atoms with Crippen LogP contribution in [0.5, 0.6) is 0 Å². The van der Waals surface area contributed by atoms with Gasteiger partial charge in [0.2, 0.25) is 0 Å². The molecule has 0 heterocycles. The number of methoxy groups -OCH3 is 1. The van der Waals surface area contributed by atoms with Crippen molar-refractivity contribution >= 4 is 5.91 Å². The summed E-state index contributed by atoms with van der Waals surface area (Å²) in [7, 11) is 1.70. The molecule has 2 N–H and O–H groups in total. The fourth-order valence-corrected chi connectivity index (χ4v) is 2.30. The lowest BCUT2D eigenvalue weighted by atomic mass is 10.0. The molecule has 21 heavy (non-hydrogen) atoms. The van der Waals surface area contributed by atoms with E-state index in [9.17, 15) is 4.79 Å². The van der Waals surface area contributed by atoms with Crippen molar-refractivity contribution in [3.05, 3.63) is 35.4 Å². The van der Waals surface area contributed by atoms with Crippen LogP contribution in [0.4, 0.5) is 0 Å². The number of ether oxygens (including phenoxy) is 1. The Balaban J connectivity index is 1.98. The quantitative estimate of drug-likeness (QED) is 0.781. The van der Waals surface area contributed by atoms with Gasteiger partial charge in [-0.25, -0.2) is 0 Å². The summed E-state index contributed by atoms with van der Waals surface area (Å²) in [5.74, 6) is 5.28. The summed E-state index contributed by atoms with van der Waals surface area (Å²) >= 11 is 0. The van der Waals surface area contributed by atoms with Crippen molar-refractivity contribution in [3.8, 4) is 11.8 Å². The summed E-state index contributed by atoms with van der Waals surface area (Å²) < 4.78 is 5.12. The van der Waals surface area contributed by atoms with Crippen LogP contribution in [0.15, 0.2) is 24.3 Å². The average molecular weight is 287 g/mol. The SMILES string of the molecule is COCCC1(CNC(=O)c2ccccc2C#CCO)CC1. The van der Waals surface area contributed by atoms with Crippen LogP contribution in [0.3, 0.4) is 0 Å². The van der Waals surface area contributed by atoms with Gasteiger partial charge in [0.25, 0.3) is 5.91 Å². The maximum absolute atomic E-state index is 12.3. The fourth-order valence-electron chi connectivity index (χ4n) is 2.30. The van der Waals surface area contributed by atoms with Gasteiger partial charge < -0.3 is 15.2 Å². The molecule has 0 unspecified atom stereocenters. The first-order valence-corrected chi connectivity index (χ1v) is 7.17. The second kappa shape index (κ2) is 7.26. The van der Waals surface area contributed by atoms with Crippen LogP contribution in [0.2, 0.25) is 0 Å². The monoisotopic (exact) mass is 287 g/mol. The minimum Gasteiger partial charge on any atom is -0.385 e. The number of benzene rings is 1. The lowest BCUT2D eigenvalue weighted by Gasteiger charge is -2.15. The highest BCUT2D eigenvalue weighted by molar-refractivity contribution is 5.96. The van der Waals surface area contributed by atoms with Crippen molar-refractivity contribution in [2.75, 3.05) is 26.9 Å². The van der Waals surface area contributed by atoms with Gasteiger partial charge >= 0.3 is 0 Å². The number of hydrogen-bond donors (Lipinski definition) is 2. The second-order valence-electron chi connectivity index (χ2n) is 5.43. The van der Waals surface area contributed by atoms with E-state index in [2.05, 4.69) is 17.2 Å². The molecule has 0 radical (unpaired) electrons. The van der Waals surface area contributed by atoms with Crippen LogP contribution in [0.25, 0.3) is 0 Å². The summed E-state index contributed by atoms with van der Waals surface area (Å²) in [6.07, 6.45) is 3.26. The van der Waals surface area contributed by atoms with E-state index in [-0.39, 0.29) is 17.9 Å². The standard InChI is InChI=1S/C17H21NO3/c1-21-12-10-17(8-9-17)13-18-16(20)15-7-3-2-5-14(15)6-4-11-19/h2-3,5,7,19H,8-13H2,1H3,(H,18,20). The van der Waals surface area contributed by atoms with E-state index in [4.69, 9.17) is 9.84 Å². The Hall–Kier alpha value is -1.83. The molecule has 2 rings (SSSR count). The van der Waals surface area contributed by atoms with E-state index in [1.807, 2.05) is 12.1 Å². The molecule has 1 aliphatic rings. The predicted octanol–water partition coefficient (Wildman–Crippen LogP) is 1.58. The molecule has 0 aromatic heterocycles. The molecule has 1 aromatic rings. The Labute approximate surface area is 125 Å². The van der Waals surface area contributed by atoms with Gasteiger partial charge in [0, 0.05) is 25.8 Å². The minimum atomic E-state index is -0.212. The van der Waals surface area contributed by atoms with Gasteiger partial charge in [0.15, 0.2) is 0 Å². The Kier molecular flexibility index (Phi) is 5.38. The van der Waals surface area contributed by atoms with Gasteiger partial charge in [-0.2, -0.15) is 0 Å². The third-order valence-corrected chi connectivity index (χ3v) is 3.89. The van der Waals surface area contributed by atoms with E-state index in [1.165, 1.54) is 0 Å². The van der Waals surface area contributed by atoms with E-state index >= 15 is 0 Å². The Bertz CT molecular complexity index is 553. The summed E-state index contributed by atoms with van der Waals surface area (Å²) in [6.45, 7) is 1.20. The van der Waals surface area contributed by atoms with Gasteiger partial charge in [-0.3, -0.25) is 4.79 Å². The van der Waals surface area contributed by atoms with Gasteiger partial charge in [-0.15, -0.1) is 0 Å². The fraction of sp³-hybridized carbons (Fsp3) is 0.471. The van der Waals surface area contributed by atoms with Crippen LogP contribution < -0.4 is 5.32 Å². The summed E-state index contributed by atoms with van der Waals surface area (Å²) in [5.41, 5.74) is 1.42.